The normalized spacial score (nSPS) is 16.4. The summed E-state index contributed by atoms with van der Waals surface area (Å²) in [6.07, 6.45) is 2.47. The lowest BCUT2D eigenvalue weighted by Gasteiger charge is -2.26. The summed E-state index contributed by atoms with van der Waals surface area (Å²) in [5.41, 5.74) is 1.68. The molecule has 0 amide bonds. The van der Waals surface area contributed by atoms with Crippen LogP contribution in [0.15, 0.2) is 12.2 Å². The molecular weight excluding hydrogens is 170 g/mol. The zero-order valence-corrected chi connectivity index (χ0v) is 10.8. The smallest absolute Gasteiger partial charge is 0.0273 e. The van der Waals surface area contributed by atoms with E-state index in [0.29, 0.717) is 11.5 Å². The minimum Gasteiger partial charge on any atom is -0.313 e. The van der Waals surface area contributed by atoms with Gasteiger partial charge in [-0.2, -0.15) is 0 Å². The van der Waals surface area contributed by atoms with Gasteiger partial charge in [0.2, 0.25) is 0 Å². The summed E-state index contributed by atoms with van der Waals surface area (Å²) in [7, 11) is 2.02. The first kappa shape index (κ1) is 13.7. The van der Waals surface area contributed by atoms with Crippen molar-refractivity contribution in [1.82, 2.24) is 5.32 Å². The second-order valence-corrected chi connectivity index (χ2v) is 5.79. The average Bonchev–Trinajstić information content (AvgIpc) is 1.96. The highest BCUT2D eigenvalue weighted by atomic mass is 14.9. The van der Waals surface area contributed by atoms with E-state index in [1.807, 2.05) is 7.05 Å². The molecule has 0 aliphatic heterocycles. The third kappa shape index (κ3) is 6.20. The van der Waals surface area contributed by atoms with E-state index in [0.717, 1.165) is 5.92 Å². The maximum Gasteiger partial charge on any atom is 0.0273 e. The summed E-state index contributed by atoms with van der Waals surface area (Å²) in [5.74, 6) is 0.754. The molecule has 2 atom stereocenters. The lowest BCUT2D eigenvalue weighted by atomic mass is 9.82. The van der Waals surface area contributed by atoms with Crippen molar-refractivity contribution < 1.29 is 0 Å². The SMILES string of the molecule is C=C(C)C(CC(C)CC(C)(C)C)NC. The lowest BCUT2D eigenvalue weighted by Crippen LogP contribution is -2.29. The summed E-state index contributed by atoms with van der Waals surface area (Å²) in [6.45, 7) is 15.4. The Kier molecular flexibility index (Phi) is 5.43. The Hall–Kier alpha value is -0.300. The van der Waals surface area contributed by atoms with Crippen molar-refractivity contribution in [1.29, 1.82) is 0 Å². The predicted octanol–water partition coefficient (Wildman–Crippen LogP) is 3.61. The standard InChI is InChI=1S/C13H27N/c1-10(2)12(14-7)8-11(3)9-13(4,5)6/h11-12,14H,1,8-9H2,2-7H3. The van der Waals surface area contributed by atoms with E-state index >= 15 is 0 Å². The van der Waals surface area contributed by atoms with Gasteiger partial charge < -0.3 is 5.32 Å². The summed E-state index contributed by atoms with van der Waals surface area (Å²) in [6, 6.07) is 0.479. The molecule has 14 heavy (non-hydrogen) atoms. The maximum atomic E-state index is 4.01. The van der Waals surface area contributed by atoms with Crippen molar-refractivity contribution in [2.75, 3.05) is 7.05 Å². The third-order valence-electron chi connectivity index (χ3n) is 2.54. The highest BCUT2D eigenvalue weighted by Crippen LogP contribution is 2.27. The van der Waals surface area contributed by atoms with Gasteiger partial charge in [0, 0.05) is 6.04 Å². The second kappa shape index (κ2) is 5.55. The molecule has 0 fully saturated rings. The highest BCUT2D eigenvalue weighted by Gasteiger charge is 2.18. The minimum atomic E-state index is 0.437. The van der Waals surface area contributed by atoms with Crippen molar-refractivity contribution in [3.05, 3.63) is 12.2 Å². The summed E-state index contributed by atoms with van der Waals surface area (Å²) in [5, 5.41) is 3.32. The summed E-state index contributed by atoms with van der Waals surface area (Å²) >= 11 is 0. The van der Waals surface area contributed by atoms with Gasteiger partial charge in [-0.15, -0.1) is 0 Å². The van der Waals surface area contributed by atoms with Crippen LogP contribution in [0, 0.1) is 11.3 Å². The molecule has 84 valence electrons. The first-order chi connectivity index (χ1) is 6.26. The van der Waals surface area contributed by atoms with Crippen LogP contribution in [0.3, 0.4) is 0 Å². The number of hydrogen-bond donors (Lipinski definition) is 1. The van der Waals surface area contributed by atoms with Gasteiger partial charge >= 0.3 is 0 Å². The van der Waals surface area contributed by atoms with E-state index in [9.17, 15) is 0 Å². The van der Waals surface area contributed by atoms with Crippen molar-refractivity contribution in [3.8, 4) is 0 Å². The van der Waals surface area contributed by atoms with Crippen LogP contribution in [0.4, 0.5) is 0 Å². The van der Waals surface area contributed by atoms with Crippen LogP contribution in [0.1, 0.15) is 47.5 Å². The molecule has 0 aromatic carbocycles. The van der Waals surface area contributed by atoms with Crippen molar-refractivity contribution in [2.24, 2.45) is 11.3 Å². The predicted molar refractivity (Wildman–Crippen MR) is 65.5 cm³/mol. The van der Waals surface area contributed by atoms with Gasteiger partial charge in [-0.25, -0.2) is 0 Å². The topological polar surface area (TPSA) is 12.0 Å². The molecule has 0 radical (unpaired) electrons. The van der Waals surface area contributed by atoms with Gasteiger partial charge in [-0.1, -0.05) is 39.8 Å². The maximum absolute atomic E-state index is 4.01. The molecule has 0 heterocycles. The molecule has 0 aromatic rings. The van der Waals surface area contributed by atoms with E-state index in [2.05, 4.69) is 46.5 Å². The number of rotatable bonds is 5. The summed E-state index contributed by atoms with van der Waals surface area (Å²) in [4.78, 5) is 0. The first-order valence-electron chi connectivity index (χ1n) is 5.59. The Labute approximate surface area is 90.0 Å². The fourth-order valence-electron chi connectivity index (χ4n) is 2.10. The molecular formula is C13H27N. The summed E-state index contributed by atoms with van der Waals surface area (Å²) < 4.78 is 0. The molecule has 0 aliphatic carbocycles. The molecule has 0 rings (SSSR count). The fourth-order valence-corrected chi connectivity index (χ4v) is 2.10. The van der Waals surface area contributed by atoms with E-state index < -0.39 is 0 Å². The van der Waals surface area contributed by atoms with Crippen molar-refractivity contribution >= 4 is 0 Å². The second-order valence-electron chi connectivity index (χ2n) is 5.79. The van der Waals surface area contributed by atoms with Gasteiger partial charge in [0.1, 0.15) is 0 Å². The van der Waals surface area contributed by atoms with Gasteiger partial charge in [-0.3, -0.25) is 0 Å². The minimum absolute atomic E-state index is 0.437. The van der Waals surface area contributed by atoms with Crippen LogP contribution in [-0.2, 0) is 0 Å². The Balaban J connectivity index is 4.03. The zero-order valence-electron chi connectivity index (χ0n) is 10.8. The lowest BCUT2D eigenvalue weighted by molar-refractivity contribution is 0.285. The molecule has 0 bridgehead atoms. The van der Waals surface area contributed by atoms with Crippen molar-refractivity contribution in [2.45, 2.75) is 53.5 Å². The molecule has 2 unspecified atom stereocenters. The number of likely N-dealkylation sites (N-methyl/N-ethyl adjacent to an activating group) is 1. The number of hydrogen-bond acceptors (Lipinski definition) is 1. The molecule has 1 heteroatoms. The van der Waals surface area contributed by atoms with Crippen LogP contribution < -0.4 is 5.32 Å². The molecule has 0 spiro atoms. The Morgan fingerprint density at radius 1 is 1.36 bits per heavy atom. The molecule has 0 saturated heterocycles. The molecule has 0 aromatic heterocycles. The van der Waals surface area contributed by atoms with Gasteiger partial charge in [-0.05, 0) is 38.1 Å². The first-order valence-corrected chi connectivity index (χ1v) is 5.59. The Morgan fingerprint density at radius 2 is 1.86 bits per heavy atom. The van der Waals surface area contributed by atoms with Crippen LogP contribution >= 0.6 is 0 Å². The largest absolute Gasteiger partial charge is 0.313 e. The molecule has 1 nitrogen and oxygen atoms in total. The van der Waals surface area contributed by atoms with Gasteiger partial charge in [0.05, 0.1) is 0 Å². The average molecular weight is 197 g/mol. The van der Waals surface area contributed by atoms with E-state index in [4.69, 9.17) is 0 Å². The highest BCUT2D eigenvalue weighted by molar-refractivity contribution is 5.01. The van der Waals surface area contributed by atoms with Crippen molar-refractivity contribution in [3.63, 3.8) is 0 Å². The quantitative estimate of drug-likeness (QED) is 0.664. The molecule has 1 N–H and O–H groups in total. The Morgan fingerprint density at radius 3 is 2.14 bits per heavy atom. The van der Waals surface area contributed by atoms with E-state index in [1.165, 1.54) is 18.4 Å². The van der Waals surface area contributed by atoms with Gasteiger partial charge in [0.25, 0.3) is 0 Å². The van der Waals surface area contributed by atoms with Gasteiger partial charge in [0.15, 0.2) is 0 Å². The van der Waals surface area contributed by atoms with Crippen LogP contribution in [-0.4, -0.2) is 13.1 Å². The monoisotopic (exact) mass is 197 g/mol. The van der Waals surface area contributed by atoms with E-state index in [-0.39, 0.29) is 0 Å². The van der Waals surface area contributed by atoms with Crippen LogP contribution in [0.2, 0.25) is 0 Å². The molecule has 0 saturated carbocycles. The fraction of sp³-hybridized carbons (Fsp3) is 0.846. The third-order valence-corrected chi connectivity index (χ3v) is 2.54. The number of nitrogens with one attached hydrogen (secondary N) is 1. The van der Waals surface area contributed by atoms with Crippen LogP contribution in [0.5, 0.6) is 0 Å². The van der Waals surface area contributed by atoms with Crippen LogP contribution in [0.25, 0.3) is 0 Å². The zero-order chi connectivity index (χ0) is 11.4. The molecule has 0 aliphatic rings. The van der Waals surface area contributed by atoms with E-state index in [1.54, 1.807) is 0 Å². The Bertz CT molecular complexity index is 176.